The number of nitrogens with one attached hydrogen (secondary N) is 1. The number of nitrogens with zero attached hydrogens (tertiary/aromatic N) is 1. The Morgan fingerprint density at radius 2 is 2.00 bits per heavy atom. The molecule has 0 fully saturated rings. The third kappa shape index (κ3) is 3.56. The second-order valence-corrected chi connectivity index (χ2v) is 3.95. The molecular weight excluding hydrogens is 224 g/mol. The molecule has 1 aromatic heterocycles. The largest absolute Gasteiger partial charge is 0.307 e. The van der Waals surface area contributed by atoms with Crippen molar-refractivity contribution in [2.75, 3.05) is 5.32 Å². The van der Waals surface area contributed by atoms with E-state index in [1.165, 1.54) is 6.08 Å². The summed E-state index contributed by atoms with van der Waals surface area (Å²) >= 11 is 0. The number of carbonyl (C=O) groups is 1. The normalized spacial score (nSPS) is 10.5. The van der Waals surface area contributed by atoms with E-state index in [0.29, 0.717) is 5.82 Å². The molecule has 0 aliphatic heterocycles. The molecule has 2 aromatic rings. The first-order chi connectivity index (χ1) is 8.74. The molecular formula is C15H14N2O. The summed E-state index contributed by atoms with van der Waals surface area (Å²) < 4.78 is 0. The van der Waals surface area contributed by atoms with Gasteiger partial charge >= 0.3 is 0 Å². The van der Waals surface area contributed by atoms with Crippen LogP contribution < -0.4 is 5.32 Å². The molecule has 3 nitrogen and oxygen atoms in total. The van der Waals surface area contributed by atoms with Crippen LogP contribution >= 0.6 is 0 Å². The standard InChI is InChI=1S/C15H14N2O/c1-12-9-10-16-14(11-12)17-15(18)8-7-13-5-3-2-4-6-13/h2-11H,1H3,(H,16,17,18)/b8-7+. The van der Waals surface area contributed by atoms with E-state index in [1.807, 2.05) is 49.4 Å². The Balaban J connectivity index is 1.99. The van der Waals surface area contributed by atoms with E-state index in [4.69, 9.17) is 0 Å². The molecule has 18 heavy (non-hydrogen) atoms. The van der Waals surface area contributed by atoms with Gasteiger partial charge in [0, 0.05) is 12.3 Å². The maximum absolute atomic E-state index is 11.7. The van der Waals surface area contributed by atoms with Crippen molar-refractivity contribution in [2.24, 2.45) is 0 Å². The van der Waals surface area contributed by atoms with Crippen molar-refractivity contribution in [1.29, 1.82) is 0 Å². The van der Waals surface area contributed by atoms with Gasteiger partial charge in [0.15, 0.2) is 0 Å². The van der Waals surface area contributed by atoms with Crippen molar-refractivity contribution in [3.63, 3.8) is 0 Å². The van der Waals surface area contributed by atoms with Crippen LogP contribution in [-0.2, 0) is 4.79 Å². The molecule has 0 aliphatic carbocycles. The molecule has 1 amide bonds. The fraction of sp³-hybridized carbons (Fsp3) is 0.0667. The minimum absolute atomic E-state index is 0.183. The molecule has 0 bridgehead atoms. The summed E-state index contributed by atoms with van der Waals surface area (Å²) in [5.74, 6) is 0.384. The molecule has 0 atom stereocenters. The van der Waals surface area contributed by atoms with Gasteiger partial charge in [0.05, 0.1) is 0 Å². The van der Waals surface area contributed by atoms with Gasteiger partial charge in [-0.2, -0.15) is 0 Å². The van der Waals surface area contributed by atoms with E-state index in [9.17, 15) is 4.79 Å². The number of carbonyl (C=O) groups excluding carboxylic acids is 1. The Morgan fingerprint density at radius 1 is 1.22 bits per heavy atom. The van der Waals surface area contributed by atoms with Crippen molar-refractivity contribution < 1.29 is 4.79 Å². The number of amides is 1. The molecule has 0 aliphatic rings. The highest BCUT2D eigenvalue weighted by Gasteiger charge is 1.98. The maximum Gasteiger partial charge on any atom is 0.249 e. The fourth-order valence-electron chi connectivity index (χ4n) is 1.51. The molecule has 3 heteroatoms. The van der Waals surface area contributed by atoms with Crippen LogP contribution in [-0.4, -0.2) is 10.9 Å². The Hall–Kier alpha value is -2.42. The van der Waals surface area contributed by atoms with Gasteiger partial charge in [0.25, 0.3) is 0 Å². The number of rotatable bonds is 3. The minimum atomic E-state index is -0.183. The van der Waals surface area contributed by atoms with Crippen LogP contribution in [0, 0.1) is 6.92 Å². The van der Waals surface area contributed by atoms with Crippen molar-refractivity contribution in [3.8, 4) is 0 Å². The first-order valence-electron chi connectivity index (χ1n) is 5.71. The summed E-state index contributed by atoms with van der Waals surface area (Å²) in [5, 5.41) is 2.72. The molecule has 0 unspecified atom stereocenters. The summed E-state index contributed by atoms with van der Waals surface area (Å²) in [7, 11) is 0. The van der Waals surface area contributed by atoms with Crippen LogP contribution in [0.3, 0.4) is 0 Å². The topological polar surface area (TPSA) is 42.0 Å². The number of aryl methyl sites for hydroxylation is 1. The lowest BCUT2D eigenvalue weighted by atomic mass is 10.2. The lowest BCUT2D eigenvalue weighted by Crippen LogP contribution is -2.09. The molecule has 0 saturated carbocycles. The molecule has 1 heterocycles. The van der Waals surface area contributed by atoms with Crippen LogP contribution in [0.25, 0.3) is 6.08 Å². The zero-order valence-corrected chi connectivity index (χ0v) is 10.1. The van der Waals surface area contributed by atoms with E-state index in [1.54, 1.807) is 12.3 Å². The highest BCUT2D eigenvalue weighted by atomic mass is 16.1. The first kappa shape index (κ1) is 12.0. The van der Waals surface area contributed by atoms with Crippen molar-refractivity contribution >= 4 is 17.8 Å². The Kier molecular flexibility index (Phi) is 3.86. The van der Waals surface area contributed by atoms with Crippen LogP contribution in [0.1, 0.15) is 11.1 Å². The van der Waals surface area contributed by atoms with Crippen LogP contribution in [0.15, 0.2) is 54.7 Å². The van der Waals surface area contributed by atoms with E-state index in [0.717, 1.165) is 11.1 Å². The molecule has 0 radical (unpaired) electrons. The first-order valence-corrected chi connectivity index (χ1v) is 5.71. The maximum atomic E-state index is 11.7. The number of hydrogen-bond donors (Lipinski definition) is 1. The van der Waals surface area contributed by atoms with Crippen LogP contribution in [0.5, 0.6) is 0 Å². The molecule has 1 aromatic carbocycles. The monoisotopic (exact) mass is 238 g/mol. The van der Waals surface area contributed by atoms with E-state index in [-0.39, 0.29) is 5.91 Å². The average Bonchev–Trinajstić information content (AvgIpc) is 2.38. The van der Waals surface area contributed by atoms with Gasteiger partial charge in [-0.05, 0) is 36.3 Å². The van der Waals surface area contributed by atoms with Gasteiger partial charge in [-0.15, -0.1) is 0 Å². The molecule has 2 rings (SSSR count). The predicted octanol–water partition coefficient (Wildman–Crippen LogP) is 3.04. The second-order valence-electron chi connectivity index (χ2n) is 3.95. The number of hydrogen-bond acceptors (Lipinski definition) is 2. The third-order valence-electron chi connectivity index (χ3n) is 2.39. The number of anilines is 1. The zero-order valence-electron chi connectivity index (χ0n) is 10.1. The van der Waals surface area contributed by atoms with Crippen molar-refractivity contribution in [2.45, 2.75) is 6.92 Å². The van der Waals surface area contributed by atoms with Gasteiger partial charge in [0.2, 0.25) is 5.91 Å². The molecule has 0 saturated heterocycles. The molecule has 1 N–H and O–H groups in total. The Morgan fingerprint density at radius 3 is 2.72 bits per heavy atom. The summed E-state index contributed by atoms with van der Waals surface area (Å²) in [6.07, 6.45) is 4.94. The predicted molar refractivity (Wildman–Crippen MR) is 73.1 cm³/mol. The van der Waals surface area contributed by atoms with Gasteiger partial charge in [-0.25, -0.2) is 4.98 Å². The lowest BCUT2D eigenvalue weighted by molar-refractivity contribution is -0.111. The smallest absolute Gasteiger partial charge is 0.249 e. The van der Waals surface area contributed by atoms with E-state index >= 15 is 0 Å². The van der Waals surface area contributed by atoms with Gasteiger partial charge in [0.1, 0.15) is 5.82 Å². The number of aromatic nitrogens is 1. The number of pyridine rings is 1. The van der Waals surface area contributed by atoms with Crippen LogP contribution in [0.2, 0.25) is 0 Å². The minimum Gasteiger partial charge on any atom is -0.307 e. The lowest BCUT2D eigenvalue weighted by Gasteiger charge is -2.01. The van der Waals surface area contributed by atoms with E-state index in [2.05, 4.69) is 10.3 Å². The third-order valence-corrected chi connectivity index (χ3v) is 2.39. The Bertz CT molecular complexity index is 562. The zero-order chi connectivity index (χ0) is 12.8. The summed E-state index contributed by atoms with van der Waals surface area (Å²) in [6.45, 7) is 1.96. The highest BCUT2D eigenvalue weighted by Crippen LogP contribution is 2.06. The van der Waals surface area contributed by atoms with Crippen molar-refractivity contribution in [1.82, 2.24) is 4.98 Å². The Labute approximate surface area is 106 Å². The summed E-state index contributed by atoms with van der Waals surface area (Å²) in [4.78, 5) is 15.7. The average molecular weight is 238 g/mol. The summed E-state index contributed by atoms with van der Waals surface area (Å²) in [5.41, 5.74) is 2.05. The quantitative estimate of drug-likeness (QED) is 0.835. The molecule has 90 valence electrons. The van der Waals surface area contributed by atoms with Gasteiger partial charge in [-0.3, -0.25) is 4.79 Å². The van der Waals surface area contributed by atoms with E-state index < -0.39 is 0 Å². The molecule has 0 spiro atoms. The highest BCUT2D eigenvalue weighted by molar-refractivity contribution is 6.01. The van der Waals surface area contributed by atoms with Gasteiger partial charge in [-0.1, -0.05) is 30.3 Å². The summed E-state index contributed by atoms with van der Waals surface area (Å²) in [6, 6.07) is 13.4. The van der Waals surface area contributed by atoms with Crippen LogP contribution in [0.4, 0.5) is 5.82 Å². The SMILES string of the molecule is Cc1ccnc(NC(=O)/C=C/c2ccccc2)c1. The van der Waals surface area contributed by atoms with Crippen molar-refractivity contribution in [3.05, 3.63) is 65.9 Å². The number of benzene rings is 1. The second kappa shape index (κ2) is 5.77. The van der Waals surface area contributed by atoms with Gasteiger partial charge < -0.3 is 5.32 Å². The fourth-order valence-corrected chi connectivity index (χ4v) is 1.51.